The van der Waals surface area contributed by atoms with Crippen molar-refractivity contribution in [3.8, 4) is 0 Å². The van der Waals surface area contributed by atoms with Crippen molar-refractivity contribution in [3.63, 3.8) is 0 Å². The molecule has 0 aliphatic rings. The van der Waals surface area contributed by atoms with Crippen molar-refractivity contribution in [3.05, 3.63) is 23.8 Å². The van der Waals surface area contributed by atoms with Crippen LogP contribution in [0.4, 0.5) is 11.4 Å². The van der Waals surface area contributed by atoms with Crippen LogP contribution in [0.2, 0.25) is 0 Å². The minimum absolute atomic E-state index is 0.0819. The smallest absolute Gasteiger partial charge is 0.337 e. The first-order valence-corrected chi connectivity index (χ1v) is 7.89. The Hall–Kier alpha value is -2.09. The van der Waals surface area contributed by atoms with Crippen LogP contribution in [0.1, 0.15) is 24.2 Å². The van der Waals surface area contributed by atoms with Gasteiger partial charge in [0.05, 0.1) is 11.3 Å². The van der Waals surface area contributed by atoms with Gasteiger partial charge >= 0.3 is 5.97 Å². The number of carbonyl (C=O) groups is 2. The molecule has 8 heteroatoms. The van der Waals surface area contributed by atoms with Gasteiger partial charge in [-0.25, -0.2) is 13.2 Å². The molecule has 0 radical (unpaired) electrons. The number of carboxylic acid groups (broad SMARTS) is 1. The summed E-state index contributed by atoms with van der Waals surface area (Å²) in [7, 11) is -2.33. The van der Waals surface area contributed by atoms with Crippen LogP contribution in [0.15, 0.2) is 18.2 Å². The number of carbonyl (C=O) groups excluding carboxylic acids is 1. The first kappa shape index (κ1) is 17.0. The van der Waals surface area contributed by atoms with E-state index < -0.39 is 26.5 Å². The van der Waals surface area contributed by atoms with Gasteiger partial charge in [-0.3, -0.25) is 4.79 Å². The largest absolute Gasteiger partial charge is 0.478 e. The summed E-state index contributed by atoms with van der Waals surface area (Å²) in [6.45, 7) is 2.55. The fourth-order valence-corrected chi connectivity index (χ4v) is 2.14. The Morgan fingerprint density at radius 2 is 1.81 bits per heavy atom. The second kappa shape index (κ2) is 5.36. The predicted octanol–water partition coefficient (Wildman–Crippen LogP) is 0.753. The van der Waals surface area contributed by atoms with E-state index in [1.807, 2.05) is 0 Å². The van der Waals surface area contributed by atoms with Gasteiger partial charge in [-0.2, -0.15) is 0 Å². The molecule has 0 aliphatic carbocycles. The van der Waals surface area contributed by atoms with Crippen molar-refractivity contribution in [2.75, 3.05) is 23.9 Å². The van der Waals surface area contributed by atoms with Gasteiger partial charge < -0.3 is 15.7 Å². The van der Waals surface area contributed by atoms with E-state index in [2.05, 4.69) is 0 Å². The summed E-state index contributed by atoms with van der Waals surface area (Å²) in [5.41, 5.74) is 5.68. The monoisotopic (exact) mass is 314 g/mol. The van der Waals surface area contributed by atoms with Gasteiger partial charge in [-0.05, 0) is 32.0 Å². The van der Waals surface area contributed by atoms with Gasteiger partial charge in [0.2, 0.25) is 5.91 Å². The molecule has 7 nitrogen and oxygen atoms in total. The lowest BCUT2D eigenvalue weighted by atomic mass is 10.1. The topological polar surface area (TPSA) is 118 Å². The van der Waals surface area contributed by atoms with Crippen molar-refractivity contribution in [1.29, 1.82) is 0 Å². The van der Waals surface area contributed by atoms with Crippen LogP contribution in [0.5, 0.6) is 0 Å². The summed E-state index contributed by atoms with van der Waals surface area (Å²) in [5.74, 6) is -1.98. The van der Waals surface area contributed by atoms with E-state index in [1.54, 1.807) is 0 Å². The van der Waals surface area contributed by atoms with Gasteiger partial charge in [0.15, 0.2) is 9.84 Å². The molecule has 1 aromatic carbocycles. The highest BCUT2D eigenvalue weighted by atomic mass is 32.2. The number of nitrogen functional groups attached to an aromatic ring is 1. The Kier molecular flexibility index (Phi) is 4.33. The van der Waals surface area contributed by atoms with Crippen LogP contribution >= 0.6 is 0 Å². The Labute approximate surface area is 123 Å². The Balaban J connectivity index is 3.36. The zero-order chi connectivity index (χ0) is 16.6. The van der Waals surface area contributed by atoms with Crippen molar-refractivity contribution >= 4 is 33.1 Å². The van der Waals surface area contributed by atoms with Crippen molar-refractivity contribution in [2.24, 2.45) is 0 Å². The highest BCUT2D eigenvalue weighted by Crippen LogP contribution is 2.26. The third-order valence-corrected chi connectivity index (χ3v) is 5.39. The summed E-state index contributed by atoms with van der Waals surface area (Å²) >= 11 is 0. The average Bonchev–Trinajstić information content (AvgIpc) is 2.35. The summed E-state index contributed by atoms with van der Waals surface area (Å²) < 4.78 is 21.8. The molecule has 116 valence electrons. The van der Waals surface area contributed by atoms with E-state index in [9.17, 15) is 23.1 Å². The third kappa shape index (κ3) is 3.15. The van der Waals surface area contributed by atoms with Crippen LogP contribution in [-0.2, 0) is 14.6 Å². The molecule has 0 atom stereocenters. The summed E-state index contributed by atoms with van der Waals surface area (Å²) in [5, 5.41) is 9.17. The number of nitrogens with two attached hydrogens (primary N) is 1. The number of sulfone groups is 1. The van der Waals surface area contributed by atoms with E-state index in [1.165, 1.54) is 39.1 Å². The Morgan fingerprint density at radius 3 is 2.24 bits per heavy atom. The van der Waals surface area contributed by atoms with Gasteiger partial charge in [-0.1, -0.05) is 0 Å². The molecule has 0 saturated carbocycles. The molecule has 1 rings (SSSR count). The maximum absolute atomic E-state index is 12.4. The minimum atomic E-state index is -3.66. The number of hydrogen-bond acceptors (Lipinski definition) is 5. The van der Waals surface area contributed by atoms with E-state index in [0.717, 1.165) is 11.2 Å². The fraction of sp³-hybridized carbons (Fsp3) is 0.385. The summed E-state index contributed by atoms with van der Waals surface area (Å²) in [4.78, 5) is 24.6. The highest BCUT2D eigenvalue weighted by molar-refractivity contribution is 7.92. The number of benzene rings is 1. The molecule has 0 aliphatic heterocycles. The van der Waals surface area contributed by atoms with Crippen molar-refractivity contribution < 1.29 is 23.1 Å². The number of aromatic carboxylic acids is 1. The van der Waals surface area contributed by atoms with Crippen LogP contribution in [0.25, 0.3) is 0 Å². The second-order valence-corrected chi connectivity index (χ2v) is 7.79. The van der Waals surface area contributed by atoms with Crippen LogP contribution in [-0.4, -0.2) is 43.5 Å². The lowest BCUT2D eigenvalue weighted by Gasteiger charge is -2.28. The lowest BCUT2D eigenvalue weighted by molar-refractivity contribution is -0.120. The van der Waals surface area contributed by atoms with E-state index in [0.29, 0.717) is 0 Å². The number of anilines is 2. The highest BCUT2D eigenvalue weighted by Gasteiger charge is 2.41. The molecule has 0 unspecified atom stereocenters. The molecule has 0 heterocycles. The van der Waals surface area contributed by atoms with E-state index >= 15 is 0 Å². The SMILES string of the molecule is CN(C(=O)C(C)(C)S(C)(=O)=O)c1ccc(N)cc1C(=O)O. The van der Waals surface area contributed by atoms with Crippen molar-refractivity contribution in [2.45, 2.75) is 18.6 Å². The first-order valence-electron chi connectivity index (χ1n) is 6.00. The van der Waals surface area contributed by atoms with Gasteiger partial charge in [-0.15, -0.1) is 0 Å². The van der Waals surface area contributed by atoms with Gasteiger partial charge in [0, 0.05) is 19.0 Å². The molecule has 21 heavy (non-hydrogen) atoms. The van der Waals surface area contributed by atoms with Crippen LogP contribution in [0, 0.1) is 0 Å². The molecule has 0 aromatic heterocycles. The molecule has 1 aromatic rings. The molecule has 0 fully saturated rings. The average molecular weight is 314 g/mol. The molecular weight excluding hydrogens is 296 g/mol. The third-order valence-electron chi connectivity index (χ3n) is 3.36. The molecule has 0 spiro atoms. The van der Waals surface area contributed by atoms with Gasteiger partial charge in [0.1, 0.15) is 4.75 Å². The molecule has 0 saturated heterocycles. The first-order chi connectivity index (χ1) is 9.39. The quantitative estimate of drug-likeness (QED) is 0.792. The number of amides is 1. The van der Waals surface area contributed by atoms with E-state index in [-0.39, 0.29) is 16.9 Å². The zero-order valence-electron chi connectivity index (χ0n) is 12.2. The molecule has 3 N–H and O–H groups in total. The maximum atomic E-state index is 12.4. The van der Waals surface area contributed by atoms with Crippen LogP contribution < -0.4 is 10.6 Å². The Bertz CT molecular complexity index is 695. The summed E-state index contributed by atoms with van der Waals surface area (Å²) in [6, 6.07) is 4.03. The predicted molar refractivity (Wildman–Crippen MR) is 80.1 cm³/mol. The van der Waals surface area contributed by atoms with Gasteiger partial charge in [0.25, 0.3) is 0 Å². The van der Waals surface area contributed by atoms with Crippen LogP contribution in [0.3, 0.4) is 0 Å². The number of carboxylic acids is 1. The van der Waals surface area contributed by atoms with E-state index in [4.69, 9.17) is 5.73 Å². The molecule has 1 amide bonds. The molecule has 0 bridgehead atoms. The Morgan fingerprint density at radius 1 is 1.29 bits per heavy atom. The van der Waals surface area contributed by atoms with Crippen molar-refractivity contribution in [1.82, 2.24) is 0 Å². The fourth-order valence-electron chi connectivity index (χ4n) is 1.69. The zero-order valence-corrected chi connectivity index (χ0v) is 13.1. The number of hydrogen-bond donors (Lipinski definition) is 2. The second-order valence-electron chi connectivity index (χ2n) is 5.23. The molecular formula is C13H18N2O5S. The standard InChI is InChI=1S/C13H18N2O5S/c1-13(2,21(4,19)20)12(18)15(3)10-6-5-8(14)7-9(10)11(16)17/h5-7H,14H2,1-4H3,(H,16,17). The lowest BCUT2D eigenvalue weighted by Crippen LogP contribution is -2.48. The number of nitrogens with zero attached hydrogens (tertiary/aromatic N) is 1. The minimum Gasteiger partial charge on any atom is -0.478 e. The maximum Gasteiger partial charge on any atom is 0.337 e. The normalized spacial score (nSPS) is 12.0. The summed E-state index contributed by atoms with van der Waals surface area (Å²) in [6.07, 6.45) is 0.958. The number of rotatable bonds is 4.